The highest BCUT2D eigenvalue weighted by molar-refractivity contribution is 8.00. The molecule has 2 aromatic rings. The summed E-state index contributed by atoms with van der Waals surface area (Å²) >= 11 is 1.50. The molecular formula is C19H25N3OS. The van der Waals surface area contributed by atoms with E-state index in [2.05, 4.69) is 9.97 Å². The smallest absolute Gasteiger partial charge is 0.235 e. The van der Waals surface area contributed by atoms with Crippen LogP contribution in [0.25, 0.3) is 11.3 Å². The first kappa shape index (κ1) is 17.1. The summed E-state index contributed by atoms with van der Waals surface area (Å²) in [5.74, 6) is 0.199. The maximum atomic E-state index is 12.7. The summed E-state index contributed by atoms with van der Waals surface area (Å²) in [4.78, 5) is 22.4. The molecule has 1 unspecified atom stereocenters. The summed E-state index contributed by atoms with van der Waals surface area (Å²) in [6, 6.07) is 10.5. The summed E-state index contributed by atoms with van der Waals surface area (Å²) in [5.41, 5.74) is 2.09. The van der Waals surface area contributed by atoms with E-state index in [1.54, 1.807) is 0 Å². The van der Waals surface area contributed by atoms with Crippen molar-refractivity contribution in [3.63, 3.8) is 0 Å². The van der Waals surface area contributed by atoms with Gasteiger partial charge in [-0.25, -0.2) is 4.98 Å². The summed E-state index contributed by atoms with van der Waals surface area (Å²) in [6.45, 7) is 1.97. The number of carbonyl (C=O) groups is 1. The number of benzene rings is 1. The van der Waals surface area contributed by atoms with Crippen molar-refractivity contribution >= 4 is 17.7 Å². The van der Waals surface area contributed by atoms with Crippen LogP contribution in [0.5, 0.6) is 0 Å². The van der Waals surface area contributed by atoms with Gasteiger partial charge >= 0.3 is 0 Å². The lowest BCUT2D eigenvalue weighted by atomic mass is 9.94. The molecule has 1 N–H and O–H groups in total. The lowest BCUT2D eigenvalue weighted by molar-refractivity contribution is -0.131. The van der Waals surface area contributed by atoms with Gasteiger partial charge in [-0.15, -0.1) is 0 Å². The molecule has 1 heterocycles. The van der Waals surface area contributed by atoms with Crippen LogP contribution in [0.15, 0.2) is 41.7 Å². The van der Waals surface area contributed by atoms with Gasteiger partial charge in [0.1, 0.15) is 0 Å². The van der Waals surface area contributed by atoms with Crippen LogP contribution in [0.2, 0.25) is 0 Å². The predicted molar refractivity (Wildman–Crippen MR) is 99.0 cm³/mol. The summed E-state index contributed by atoms with van der Waals surface area (Å²) < 4.78 is 0. The van der Waals surface area contributed by atoms with Crippen LogP contribution in [-0.4, -0.2) is 39.1 Å². The Hall–Kier alpha value is -1.75. The van der Waals surface area contributed by atoms with Gasteiger partial charge < -0.3 is 9.88 Å². The van der Waals surface area contributed by atoms with Crippen LogP contribution in [0.4, 0.5) is 0 Å². The second-order valence-corrected chi connectivity index (χ2v) is 7.80. The van der Waals surface area contributed by atoms with E-state index in [-0.39, 0.29) is 11.2 Å². The van der Waals surface area contributed by atoms with Crippen LogP contribution in [0, 0.1) is 0 Å². The largest absolute Gasteiger partial charge is 0.342 e. The first-order valence-electron chi connectivity index (χ1n) is 8.69. The Morgan fingerprint density at radius 3 is 2.67 bits per heavy atom. The number of carbonyl (C=O) groups excluding carboxylic acids is 1. The fourth-order valence-electron chi connectivity index (χ4n) is 3.28. The molecule has 1 amide bonds. The molecule has 1 fully saturated rings. The first-order valence-corrected chi connectivity index (χ1v) is 9.57. The Bertz CT molecular complexity index is 664. The van der Waals surface area contributed by atoms with Crippen molar-refractivity contribution < 1.29 is 4.79 Å². The quantitative estimate of drug-likeness (QED) is 0.821. The highest BCUT2D eigenvalue weighted by atomic mass is 32.2. The molecule has 4 nitrogen and oxygen atoms in total. The van der Waals surface area contributed by atoms with E-state index in [1.807, 2.05) is 55.4 Å². The Morgan fingerprint density at radius 1 is 1.25 bits per heavy atom. The Kier molecular flexibility index (Phi) is 5.61. The molecule has 0 aliphatic heterocycles. The van der Waals surface area contributed by atoms with E-state index in [0.29, 0.717) is 6.04 Å². The molecular weight excluding hydrogens is 318 g/mol. The van der Waals surface area contributed by atoms with Gasteiger partial charge in [-0.2, -0.15) is 0 Å². The molecule has 0 radical (unpaired) electrons. The van der Waals surface area contributed by atoms with E-state index in [4.69, 9.17) is 0 Å². The van der Waals surface area contributed by atoms with Crippen molar-refractivity contribution in [1.82, 2.24) is 14.9 Å². The molecule has 1 aromatic heterocycles. The molecule has 0 bridgehead atoms. The van der Waals surface area contributed by atoms with Gasteiger partial charge in [0.05, 0.1) is 17.1 Å². The number of rotatable bonds is 5. The van der Waals surface area contributed by atoms with Gasteiger partial charge in [0.15, 0.2) is 5.16 Å². The zero-order chi connectivity index (χ0) is 16.9. The van der Waals surface area contributed by atoms with Crippen LogP contribution < -0.4 is 0 Å². The number of nitrogens with one attached hydrogen (secondary N) is 1. The number of amides is 1. The summed E-state index contributed by atoms with van der Waals surface area (Å²) in [6.07, 6.45) is 7.89. The maximum absolute atomic E-state index is 12.7. The molecule has 128 valence electrons. The van der Waals surface area contributed by atoms with Crippen molar-refractivity contribution in [1.29, 1.82) is 0 Å². The number of nitrogens with zero attached hydrogens (tertiary/aromatic N) is 2. The van der Waals surface area contributed by atoms with Crippen molar-refractivity contribution in [2.75, 3.05) is 7.05 Å². The fraction of sp³-hybridized carbons (Fsp3) is 0.474. The topological polar surface area (TPSA) is 49.0 Å². The van der Waals surface area contributed by atoms with Gasteiger partial charge in [-0.1, -0.05) is 61.4 Å². The van der Waals surface area contributed by atoms with Crippen LogP contribution in [0.3, 0.4) is 0 Å². The van der Waals surface area contributed by atoms with Gasteiger partial charge in [0.25, 0.3) is 0 Å². The fourth-order valence-corrected chi connectivity index (χ4v) is 4.16. The van der Waals surface area contributed by atoms with E-state index in [9.17, 15) is 4.79 Å². The number of H-pyrrole nitrogens is 1. The second-order valence-electron chi connectivity index (χ2n) is 6.47. The normalized spacial score (nSPS) is 16.8. The Morgan fingerprint density at radius 2 is 1.96 bits per heavy atom. The number of aromatic amines is 1. The van der Waals surface area contributed by atoms with Crippen molar-refractivity contribution in [3.05, 3.63) is 36.5 Å². The number of hydrogen-bond acceptors (Lipinski definition) is 3. The van der Waals surface area contributed by atoms with Gasteiger partial charge in [0, 0.05) is 13.1 Å². The zero-order valence-corrected chi connectivity index (χ0v) is 15.2. The first-order chi connectivity index (χ1) is 11.6. The number of imidazole rings is 1. The van der Waals surface area contributed by atoms with E-state index in [0.717, 1.165) is 29.3 Å². The van der Waals surface area contributed by atoms with Gasteiger partial charge in [0.2, 0.25) is 5.91 Å². The third kappa shape index (κ3) is 4.01. The van der Waals surface area contributed by atoms with E-state index >= 15 is 0 Å². The minimum atomic E-state index is -0.133. The molecule has 1 atom stereocenters. The highest BCUT2D eigenvalue weighted by Gasteiger charge is 2.26. The third-order valence-electron chi connectivity index (χ3n) is 4.74. The molecule has 24 heavy (non-hydrogen) atoms. The molecule has 1 aliphatic rings. The highest BCUT2D eigenvalue weighted by Crippen LogP contribution is 2.27. The predicted octanol–water partition coefficient (Wildman–Crippen LogP) is 4.35. The van der Waals surface area contributed by atoms with Crippen molar-refractivity contribution in [2.45, 2.75) is 55.5 Å². The Labute approximate surface area is 148 Å². The molecule has 3 rings (SSSR count). The lowest BCUT2D eigenvalue weighted by Gasteiger charge is -2.32. The van der Waals surface area contributed by atoms with Gasteiger partial charge in [-0.3, -0.25) is 4.79 Å². The summed E-state index contributed by atoms with van der Waals surface area (Å²) in [7, 11) is 1.95. The minimum absolute atomic E-state index is 0.133. The third-order valence-corrected chi connectivity index (χ3v) is 5.73. The van der Waals surface area contributed by atoms with Gasteiger partial charge in [-0.05, 0) is 25.3 Å². The maximum Gasteiger partial charge on any atom is 0.235 e. The number of aromatic nitrogens is 2. The molecule has 1 aliphatic carbocycles. The van der Waals surface area contributed by atoms with E-state index in [1.165, 1.54) is 31.0 Å². The number of thioether (sulfide) groups is 1. The molecule has 0 spiro atoms. The average molecular weight is 343 g/mol. The molecule has 5 heteroatoms. The monoisotopic (exact) mass is 343 g/mol. The summed E-state index contributed by atoms with van der Waals surface area (Å²) in [5, 5.41) is 0.665. The van der Waals surface area contributed by atoms with Crippen LogP contribution in [-0.2, 0) is 4.79 Å². The molecule has 1 aromatic carbocycles. The second kappa shape index (κ2) is 7.88. The minimum Gasteiger partial charge on any atom is -0.342 e. The Balaban J connectivity index is 1.61. The van der Waals surface area contributed by atoms with Crippen LogP contribution >= 0.6 is 11.8 Å². The van der Waals surface area contributed by atoms with E-state index < -0.39 is 0 Å². The molecule has 1 saturated carbocycles. The average Bonchev–Trinajstić information content (AvgIpc) is 3.10. The van der Waals surface area contributed by atoms with Crippen molar-refractivity contribution in [2.24, 2.45) is 0 Å². The standard InChI is InChI=1S/C19H25N3OS/c1-14(18(23)22(2)16-11-7-4-8-12-16)24-19-20-13-17(21-19)15-9-5-3-6-10-15/h3,5-6,9-10,13-14,16H,4,7-8,11-12H2,1-2H3,(H,20,21). The lowest BCUT2D eigenvalue weighted by Crippen LogP contribution is -2.42. The molecule has 0 saturated heterocycles. The zero-order valence-electron chi connectivity index (χ0n) is 14.4. The van der Waals surface area contributed by atoms with Crippen molar-refractivity contribution in [3.8, 4) is 11.3 Å². The number of hydrogen-bond donors (Lipinski definition) is 1. The van der Waals surface area contributed by atoms with Crippen LogP contribution in [0.1, 0.15) is 39.0 Å². The SMILES string of the molecule is CC(Sc1ncc(-c2ccccc2)[nH]1)C(=O)N(C)C1CCCCC1.